The third-order valence-corrected chi connectivity index (χ3v) is 6.77. The van der Waals surface area contributed by atoms with E-state index in [1.165, 1.54) is 96.3 Å². The van der Waals surface area contributed by atoms with E-state index in [0.717, 1.165) is 38.0 Å². The lowest BCUT2D eigenvalue weighted by Crippen LogP contribution is -2.25. The molecular weight excluding hydrogens is 452 g/mol. The maximum atomic E-state index is 11.8. The normalized spacial score (nSPS) is 12.1. The van der Waals surface area contributed by atoms with Gasteiger partial charge in [-0.25, -0.2) is 0 Å². The Labute approximate surface area is 223 Å². The zero-order chi connectivity index (χ0) is 26.7. The number of carbonyl (C=O) groups excluding carboxylic acids is 2. The highest BCUT2D eigenvalue weighted by Gasteiger charge is 2.12. The van der Waals surface area contributed by atoms with Gasteiger partial charge in [-0.3, -0.25) is 9.59 Å². The number of unbranched alkanes of at least 4 members (excludes halogenated alkanes) is 17. The van der Waals surface area contributed by atoms with E-state index in [9.17, 15) is 14.7 Å². The van der Waals surface area contributed by atoms with E-state index in [2.05, 4.69) is 20.8 Å². The molecule has 0 heterocycles. The summed E-state index contributed by atoms with van der Waals surface area (Å²) in [5.74, 6) is 0.280. The summed E-state index contributed by atoms with van der Waals surface area (Å²) in [6.45, 7) is 6.56. The van der Waals surface area contributed by atoms with Crippen LogP contribution in [0.2, 0.25) is 0 Å². The Kier molecular flexibility index (Phi) is 26.1. The van der Waals surface area contributed by atoms with Gasteiger partial charge in [0.2, 0.25) is 0 Å². The third kappa shape index (κ3) is 27.5. The van der Waals surface area contributed by atoms with Gasteiger partial charge in [0.15, 0.2) is 0 Å². The second-order valence-electron chi connectivity index (χ2n) is 11.1. The summed E-state index contributed by atoms with van der Waals surface area (Å²) in [6, 6.07) is 0. The van der Waals surface area contributed by atoms with Gasteiger partial charge in [-0.05, 0) is 18.8 Å². The van der Waals surface area contributed by atoms with Crippen molar-refractivity contribution in [2.24, 2.45) is 5.92 Å². The quantitative estimate of drug-likeness (QED) is 0.0880. The number of hydrogen-bond acceptors (Lipinski definition) is 5. The molecule has 0 rings (SSSR count). The maximum absolute atomic E-state index is 11.8. The molecule has 0 amide bonds. The van der Waals surface area contributed by atoms with Crippen LogP contribution < -0.4 is 0 Å². The topological polar surface area (TPSA) is 72.8 Å². The first-order chi connectivity index (χ1) is 17.5. The fourth-order valence-corrected chi connectivity index (χ4v) is 4.39. The summed E-state index contributed by atoms with van der Waals surface area (Å²) in [7, 11) is 0. The Morgan fingerprint density at radius 3 is 1.25 bits per heavy atom. The van der Waals surface area contributed by atoms with Crippen molar-refractivity contribution in [2.75, 3.05) is 13.2 Å². The zero-order valence-electron chi connectivity index (χ0n) is 24.2. The Hall–Kier alpha value is -1.10. The van der Waals surface area contributed by atoms with E-state index in [1.807, 2.05) is 0 Å². The van der Waals surface area contributed by atoms with Crippen LogP contribution in [0.5, 0.6) is 0 Å². The van der Waals surface area contributed by atoms with Gasteiger partial charge >= 0.3 is 11.9 Å². The Bertz CT molecular complexity index is 491. The molecule has 0 bridgehead atoms. The van der Waals surface area contributed by atoms with E-state index in [4.69, 9.17) is 9.47 Å². The summed E-state index contributed by atoms with van der Waals surface area (Å²) in [5.41, 5.74) is 0. The van der Waals surface area contributed by atoms with Gasteiger partial charge < -0.3 is 14.6 Å². The molecule has 1 N–H and O–H groups in total. The van der Waals surface area contributed by atoms with Crippen LogP contribution in [0, 0.1) is 5.92 Å². The van der Waals surface area contributed by atoms with Crippen molar-refractivity contribution >= 4 is 11.9 Å². The molecule has 0 saturated heterocycles. The molecule has 5 heteroatoms. The molecule has 0 radical (unpaired) electrons. The minimum absolute atomic E-state index is 0.110. The molecule has 0 aliphatic heterocycles. The third-order valence-electron chi connectivity index (χ3n) is 6.77. The fourth-order valence-electron chi connectivity index (χ4n) is 4.39. The monoisotopic (exact) mass is 512 g/mol. The number of hydrogen-bond donors (Lipinski definition) is 1. The molecule has 0 aromatic heterocycles. The molecule has 5 nitrogen and oxygen atoms in total. The van der Waals surface area contributed by atoms with Crippen molar-refractivity contribution in [2.45, 2.75) is 168 Å². The second-order valence-corrected chi connectivity index (χ2v) is 11.1. The van der Waals surface area contributed by atoms with Crippen molar-refractivity contribution in [3.8, 4) is 0 Å². The smallest absolute Gasteiger partial charge is 0.305 e. The summed E-state index contributed by atoms with van der Waals surface area (Å²) in [6.07, 6.45) is 24.6. The molecule has 0 aromatic carbocycles. The summed E-state index contributed by atoms with van der Waals surface area (Å²) < 4.78 is 10.2. The Morgan fingerprint density at radius 1 is 0.556 bits per heavy atom. The number of aliphatic hydroxyl groups excluding tert-OH is 1. The fraction of sp³-hybridized carbons (Fsp3) is 0.935. The summed E-state index contributed by atoms with van der Waals surface area (Å²) in [4.78, 5) is 23.5. The van der Waals surface area contributed by atoms with E-state index in [0.29, 0.717) is 12.8 Å². The minimum Gasteiger partial charge on any atom is -0.463 e. The molecular formula is C31H60O5. The number of esters is 2. The van der Waals surface area contributed by atoms with Gasteiger partial charge in [-0.15, -0.1) is 0 Å². The lowest BCUT2D eigenvalue weighted by atomic mass is 10.0. The van der Waals surface area contributed by atoms with Gasteiger partial charge in [0, 0.05) is 12.8 Å². The van der Waals surface area contributed by atoms with E-state index in [-0.39, 0.29) is 25.2 Å². The van der Waals surface area contributed by atoms with Crippen LogP contribution in [0.1, 0.15) is 162 Å². The largest absolute Gasteiger partial charge is 0.463 e. The van der Waals surface area contributed by atoms with Gasteiger partial charge in [0.25, 0.3) is 0 Å². The summed E-state index contributed by atoms with van der Waals surface area (Å²) in [5, 5.41) is 9.85. The molecule has 0 aliphatic rings. The summed E-state index contributed by atoms with van der Waals surface area (Å²) >= 11 is 0. The van der Waals surface area contributed by atoms with E-state index in [1.54, 1.807) is 0 Å². The molecule has 0 spiro atoms. The van der Waals surface area contributed by atoms with Gasteiger partial charge in [0.05, 0.1) is 0 Å². The van der Waals surface area contributed by atoms with Crippen molar-refractivity contribution in [3.05, 3.63) is 0 Å². The molecule has 1 atom stereocenters. The highest BCUT2D eigenvalue weighted by Crippen LogP contribution is 2.15. The molecule has 214 valence electrons. The first kappa shape index (κ1) is 34.9. The molecule has 0 unspecified atom stereocenters. The predicted octanol–water partition coefficient (Wildman–Crippen LogP) is 8.69. The number of carbonyl (C=O) groups is 2. The van der Waals surface area contributed by atoms with Crippen LogP contribution in [0.15, 0.2) is 0 Å². The lowest BCUT2D eigenvalue weighted by molar-refractivity contribution is -0.152. The van der Waals surface area contributed by atoms with E-state index >= 15 is 0 Å². The zero-order valence-corrected chi connectivity index (χ0v) is 24.2. The second kappa shape index (κ2) is 26.9. The Balaban J connectivity index is 3.36. The van der Waals surface area contributed by atoms with Crippen LogP contribution in [-0.4, -0.2) is 36.4 Å². The maximum Gasteiger partial charge on any atom is 0.305 e. The first-order valence-corrected chi connectivity index (χ1v) is 15.4. The SMILES string of the molecule is CCCCCCCC(=O)OC[C@@H](O)COC(=O)CCCCCCCCCCCCCCCCC(C)C. The molecule has 0 fully saturated rings. The van der Waals surface area contributed by atoms with Crippen molar-refractivity contribution in [3.63, 3.8) is 0 Å². The molecule has 0 aliphatic carbocycles. The van der Waals surface area contributed by atoms with E-state index < -0.39 is 6.10 Å². The molecule has 36 heavy (non-hydrogen) atoms. The van der Waals surface area contributed by atoms with Crippen LogP contribution >= 0.6 is 0 Å². The van der Waals surface area contributed by atoms with Gasteiger partial charge in [-0.2, -0.15) is 0 Å². The van der Waals surface area contributed by atoms with Gasteiger partial charge in [-0.1, -0.05) is 136 Å². The van der Waals surface area contributed by atoms with Crippen LogP contribution in [-0.2, 0) is 19.1 Å². The predicted molar refractivity (Wildman–Crippen MR) is 150 cm³/mol. The van der Waals surface area contributed by atoms with Gasteiger partial charge in [0.1, 0.15) is 19.3 Å². The van der Waals surface area contributed by atoms with Crippen molar-refractivity contribution < 1.29 is 24.2 Å². The van der Waals surface area contributed by atoms with Crippen molar-refractivity contribution in [1.82, 2.24) is 0 Å². The average molecular weight is 513 g/mol. The minimum atomic E-state index is -0.951. The molecule has 0 aromatic rings. The molecule has 0 saturated carbocycles. The highest BCUT2D eigenvalue weighted by atomic mass is 16.6. The number of ether oxygens (including phenoxy) is 2. The number of aliphatic hydroxyl groups is 1. The van der Waals surface area contributed by atoms with Crippen LogP contribution in [0.25, 0.3) is 0 Å². The average Bonchev–Trinajstić information content (AvgIpc) is 2.85. The lowest BCUT2D eigenvalue weighted by Gasteiger charge is -2.12. The first-order valence-electron chi connectivity index (χ1n) is 15.4. The number of rotatable bonds is 27. The van der Waals surface area contributed by atoms with Crippen molar-refractivity contribution in [1.29, 1.82) is 0 Å². The Morgan fingerprint density at radius 2 is 0.889 bits per heavy atom. The van der Waals surface area contributed by atoms with Crippen LogP contribution in [0.4, 0.5) is 0 Å². The standard InChI is InChI=1S/C31H60O5/c1-4-5-6-17-21-24-30(33)35-26-29(32)27-36-31(34)25-22-19-16-14-12-10-8-7-9-11-13-15-18-20-23-28(2)3/h28-29,32H,4-27H2,1-3H3/t29-/m1/s1. The van der Waals surface area contributed by atoms with Crippen LogP contribution in [0.3, 0.4) is 0 Å². The highest BCUT2D eigenvalue weighted by molar-refractivity contribution is 5.69.